The summed E-state index contributed by atoms with van der Waals surface area (Å²) in [5, 5.41) is 1.13. The number of aromatic nitrogens is 1. The molecular formula is C13H15N3O. The molecule has 2 aromatic rings. The standard InChI is InChI=1S/C13H15N3O/c14-10-7-16(8-10)13(17)5-9-6-15-12-4-2-1-3-11(9)12/h1-4,6,10,15H,5,7-8,14H2. The van der Waals surface area contributed by atoms with Gasteiger partial charge < -0.3 is 15.6 Å². The third kappa shape index (κ3) is 1.80. The average Bonchev–Trinajstić information content (AvgIpc) is 2.69. The number of nitrogens with two attached hydrogens (primary N) is 1. The molecule has 3 rings (SSSR count). The summed E-state index contributed by atoms with van der Waals surface area (Å²) in [7, 11) is 0. The lowest BCUT2D eigenvalue weighted by atomic mass is 10.1. The van der Waals surface area contributed by atoms with E-state index in [-0.39, 0.29) is 11.9 Å². The number of carbonyl (C=O) groups excluding carboxylic acids is 1. The Morgan fingerprint density at radius 2 is 2.18 bits per heavy atom. The van der Waals surface area contributed by atoms with Crippen LogP contribution in [0.2, 0.25) is 0 Å². The van der Waals surface area contributed by atoms with Crippen LogP contribution in [0.5, 0.6) is 0 Å². The zero-order chi connectivity index (χ0) is 11.8. The lowest BCUT2D eigenvalue weighted by Gasteiger charge is -2.36. The van der Waals surface area contributed by atoms with E-state index in [1.807, 2.05) is 35.4 Å². The summed E-state index contributed by atoms with van der Waals surface area (Å²) in [5.41, 5.74) is 7.81. The van der Waals surface area contributed by atoms with Crippen molar-refractivity contribution in [3.63, 3.8) is 0 Å². The highest BCUT2D eigenvalue weighted by atomic mass is 16.2. The fourth-order valence-electron chi connectivity index (χ4n) is 2.27. The zero-order valence-corrected chi connectivity index (χ0v) is 9.52. The molecule has 0 bridgehead atoms. The van der Waals surface area contributed by atoms with E-state index in [2.05, 4.69) is 4.98 Å². The molecule has 1 amide bonds. The summed E-state index contributed by atoms with van der Waals surface area (Å²) in [4.78, 5) is 16.9. The van der Waals surface area contributed by atoms with Gasteiger partial charge in [-0.1, -0.05) is 18.2 Å². The molecule has 3 N–H and O–H groups in total. The van der Waals surface area contributed by atoms with Crippen molar-refractivity contribution < 1.29 is 4.79 Å². The van der Waals surface area contributed by atoms with E-state index < -0.39 is 0 Å². The largest absolute Gasteiger partial charge is 0.361 e. The van der Waals surface area contributed by atoms with E-state index in [0.717, 1.165) is 16.5 Å². The molecule has 0 aliphatic carbocycles. The Balaban J connectivity index is 1.78. The second-order valence-corrected chi connectivity index (χ2v) is 4.60. The minimum atomic E-state index is 0.163. The molecule has 0 atom stereocenters. The fourth-order valence-corrected chi connectivity index (χ4v) is 2.27. The van der Waals surface area contributed by atoms with Crippen LogP contribution in [-0.4, -0.2) is 34.9 Å². The Labute approximate surface area is 99.4 Å². The molecule has 2 heterocycles. The average molecular weight is 229 g/mol. The summed E-state index contributed by atoms with van der Waals surface area (Å²) in [5.74, 6) is 0.163. The Morgan fingerprint density at radius 3 is 2.94 bits per heavy atom. The van der Waals surface area contributed by atoms with E-state index in [1.165, 1.54) is 0 Å². The fraction of sp³-hybridized carbons (Fsp3) is 0.308. The summed E-state index contributed by atoms with van der Waals surface area (Å²) in [6.45, 7) is 1.39. The molecular weight excluding hydrogens is 214 g/mol. The number of para-hydroxylation sites is 1. The van der Waals surface area contributed by atoms with Crippen LogP contribution in [0.15, 0.2) is 30.5 Å². The topological polar surface area (TPSA) is 62.1 Å². The van der Waals surface area contributed by atoms with Crippen LogP contribution in [0, 0.1) is 0 Å². The lowest BCUT2D eigenvalue weighted by Crippen LogP contribution is -2.58. The number of carbonyl (C=O) groups is 1. The van der Waals surface area contributed by atoms with Gasteiger partial charge in [-0.15, -0.1) is 0 Å². The van der Waals surface area contributed by atoms with E-state index in [9.17, 15) is 4.79 Å². The summed E-state index contributed by atoms with van der Waals surface area (Å²) < 4.78 is 0. The van der Waals surface area contributed by atoms with Crippen LogP contribution in [0.25, 0.3) is 10.9 Å². The van der Waals surface area contributed by atoms with Gasteiger partial charge >= 0.3 is 0 Å². The second-order valence-electron chi connectivity index (χ2n) is 4.60. The first kappa shape index (κ1) is 10.4. The Hall–Kier alpha value is -1.81. The Kier molecular flexibility index (Phi) is 2.37. The van der Waals surface area contributed by atoms with Crippen molar-refractivity contribution in [3.8, 4) is 0 Å². The number of fused-ring (bicyclic) bond motifs is 1. The SMILES string of the molecule is NC1CN(C(=O)Cc2c[nH]c3ccccc23)C1. The van der Waals surface area contributed by atoms with Gasteiger partial charge in [0, 0.05) is 36.2 Å². The van der Waals surface area contributed by atoms with Gasteiger partial charge in [0.1, 0.15) is 0 Å². The minimum Gasteiger partial charge on any atom is -0.361 e. The highest BCUT2D eigenvalue weighted by Crippen LogP contribution is 2.19. The molecule has 1 aromatic carbocycles. The summed E-state index contributed by atoms with van der Waals surface area (Å²) in [6.07, 6.45) is 2.37. The van der Waals surface area contributed by atoms with Gasteiger partial charge in [-0.2, -0.15) is 0 Å². The predicted octanol–water partition coefficient (Wildman–Crippen LogP) is 0.880. The molecule has 4 heteroatoms. The third-order valence-corrected chi connectivity index (χ3v) is 3.28. The van der Waals surface area contributed by atoms with Gasteiger partial charge in [0.05, 0.1) is 6.42 Å². The lowest BCUT2D eigenvalue weighted by molar-refractivity contribution is -0.134. The predicted molar refractivity (Wildman–Crippen MR) is 66.6 cm³/mol. The molecule has 1 aliphatic rings. The number of hydrogen-bond donors (Lipinski definition) is 2. The summed E-state index contributed by atoms with van der Waals surface area (Å²) in [6, 6.07) is 8.20. The minimum absolute atomic E-state index is 0.163. The molecule has 0 spiro atoms. The molecule has 17 heavy (non-hydrogen) atoms. The molecule has 0 unspecified atom stereocenters. The molecule has 0 radical (unpaired) electrons. The number of nitrogens with one attached hydrogen (secondary N) is 1. The number of hydrogen-bond acceptors (Lipinski definition) is 2. The second kappa shape index (κ2) is 3.89. The van der Waals surface area contributed by atoms with Crippen LogP contribution >= 0.6 is 0 Å². The van der Waals surface area contributed by atoms with Gasteiger partial charge in [0.25, 0.3) is 0 Å². The van der Waals surface area contributed by atoms with E-state index in [4.69, 9.17) is 5.73 Å². The number of benzene rings is 1. The number of amides is 1. The van der Waals surface area contributed by atoms with Crippen LogP contribution in [0.3, 0.4) is 0 Å². The van der Waals surface area contributed by atoms with Crippen LogP contribution in [0.1, 0.15) is 5.56 Å². The molecule has 88 valence electrons. The maximum Gasteiger partial charge on any atom is 0.227 e. The third-order valence-electron chi connectivity index (χ3n) is 3.28. The van der Waals surface area contributed by atoms with Gasteiger partial charge in [0.15, 0.2) is 0 Å². The first-order valence-corrected chi connectivity index (χ1v) is 5.82. The van der Waals surface area contributed by atoms with Crippen molar-refractivity contribution in [3.05, 3.63) is 36.0 Å². The first-order valence-electron chi connectivity index (χ1n) is 5.82. The van der Waals surface area contributed by atoms with Gasteiger partial charge in [-0.25, -0.2) is 0 Å². The van der Waals surface area contributed by atoms with Gasteiger partial charge in [-0.3, -0.25) is 4.79 Å². The molecule has 1 saturated heterocycles. The zero-order valence-electron chi connectivity index (χ0n) is 9.52. The number of rotatable bonds is 2. The molecule has 1 aromatic heterocycles. The van der Waals surface area contributed by atoms with Gasteiger partial charge in [-0.05, 0) is 11.6 Å². The monoisotopic (exact) mass is 229 g/mol. The molecule has 4 nitrogen and oxygen atoms in total. The quantitative estimate of drug-likeness (QED) is 0.803. The van der Waals surface area contributed by atoms with Crippen LogP contribution in [-0.2, 0) is 11.2 Å². The molecule has 1 aliphatic heterocycles. The number of likely N-dealkylation sites (tertiary alicyclic amines) is 1. The smallest absolute Gasteiger partial charge is 0.227 e. The normalized spacial score (nSPS) is 16.2. The molecule has 1 fully saturated rings. The van der Waals surface area contributed by atoms with Crippen molar-refractivity contribution >= 4 is 16.8 Å². The number of nitrogens with zero attached hydrogens (tertiary/aromatic N) is 1. The highest BCUT2D eigenvalue weighted by molar-refractivity contribution is 5.89. The van der Waals surface area contributed by atoms with E-state index in [1.54, 1.807) is 0 Å². The van der Waals surface area contributed by atoms with Gasteiger partial charge in [0.2, 0.25) is 5.91 Å². The first-order chi connectivity index (χ1) is 8.24. The van der Waals surface area contributed by atoms with Crippen LogP contribution in [0.4, 0.5) is 0 Å². The molecule has 0 saturated carbocycles. The van der Waals surface area contributed by atoms with Crippen molar-refractivity contribution in [2.24, 2.45) is 5.73 Å². The van der Waals surface area contributed by atoms with Crippen molar-refractivity contribution in [1.82, 2.24) is 9.88 Å². The summed E-state index contributed by atoms with van der Waals surface area (Å²) >= 11 is 0. The van der Waals surface area contributed by atoms with Crippen molar-refractivity contribution in [2.45, 2.75) is 12.5 Å². The Morgan fingerprint density at radius 1 is 1.41 bits per heavy atom. The highest BCUT2D eigenvalue weighted by Gasteiger charge is 2.27. The van der Waals surface area contributed by atoms with Crippen molar-refractivity contribution in [2.75, 3.05) is 13.1 Å². The number of H-pyrrole nitrogens is 1. The number of aromatic amines is 1. The Bertz CT molecular complexity index is 555. The van der Waals surface area contributed by atoms with E-state index in [0.29, 0.717) is 19.5 Å². The van der Waals surface area contributed by atoms with Crippen molar-refractivity contribution in [1.29, 1.82) is 0 Å². The maximum atomic E-state index is 11.9. The van der Waals surface area contributed by atoms with Crippen LogP contribution < -0.4 is 5.73 Å². The maximum absolute atomic E-state index is 11.9. The van der Waals surface area contributed by atoms with E-state index >= 15 is 0 Å².